The molecule has 39 heavy (non-hydrogen) atoms. The lowest BCUT2D eigenvalue weighted by atomic mass is 9.96. The van der Waals surface area contributed by atoms with Crippen molar-refractivity contribution in [3.63, 3.8) is 0 Å². The van der Waals surface area contributed by atoms with Crippen LogP contribution in [0.5, 0.6) is 0 Å². The van der Waals surface area contributed by atoms with Gasteiger partial charge in [0.1, 0.15) is 5.82 Å². The number of hydrogen-bond donors (Lipinski definition) is 2. The van der Waals surface area contributed by atoms with E-state index in [0.717, 1.165) is 34.0 Å². The Balaban J connectivity index is 1.61. The van der Waals surface area contributed by atoms with E-state index in [2.05, 4.69) is 33.2 Å². The molecule has 1 aliphatic rings. The molecule has 0 unspecified atom stereocenters. The lowest BCUT2D eigenvalue weighted by molar-refractivity contribution is -0.118. The van der Waals surface area contributed by atoms with E-state index < -0.39 is 0 Å². The summed E-state index contributed by atoms with van der Waals surface area (Å²) in [6.07, 6.45) is 1.77. The second-order valence-electron chi connectivity index (χ2n) is 9.94. The molecule has 1 fully saturated rings. The van der Waals surface area contributed by atoms with Crippen molar-refractivity contribution >= 4 is 46.2 Å². The van der Waals surface area contributed by atoms with E-state index in [-0.39, 0.29) is 29.7 Å². The summed E-state index contributed by atoms with van der Waals surface area (Å²) < 4.78 is 15.8. The van der Waals surface area contributed by atoms with Crippen LogP contribution in [-0.4, -0.2) is 20.6 Å². The quantitative estimate of drug-likeness (QED) is 0.247. The highest BCUT2D eigenvalue weighted by molar-refractivity contribution is 7.80. The molecule has 2 atom stereocenters. The van der Waals surface area contributed by atoms with Gasteiger partial charge in [-0.2, -0.15) is 0 Å². The number of benzene rings is 2. The first-order valence-corrected chi connectivity index (χ1v) is 13.5. The molecule has 1 saturated heterocycles. The lowest BCUT2D eigenvalue weighted by Gasteiger charge is -2.28. The van der Waals surface area contributed by atoms with Crippen LogP contribution in [0.25, 0.3) is 5.69 Å². The maximum Gasteiger partial charge on any atom is 0.226 e. The zero-order valence-corrected chi connectivity index (χ0v) is 23.6. The molecule has 5 rings (SSSR count). The van der Waals surface area contributed by atoms with Crippen LogP contribution in [0.4, 0.5) is 15.8 Å². The summed E-state index contributed by atoms with van der Waals surface area (Å²) in [6.45, 7) is 7.75. The van der Waals surface area contributed by atoms with Crippen LogP contribution >= 0.6 is 23.8 Å². The number of thiocarbonyl (C=S) groups is 1. The predicted octanol–water partition coefficient (Wildman–Crippen LogP) is 7.05. The number of hydrogen-bond acceptors (Lipinski definition) is 3. The molecule has 2 aromatic heterocycles. The highest BCUT2D eigenvalue weighted by atomic mass is 35.5. The van der Waals surface area contributed by atoms with Gasteiger partial charge in [-0.05, 0) is 92.3 Å². The van der Waals surface area contributed by atoms with Crippen molar-refractivity contribution in [1.82, 2.24) is 14.9 Å². The van der Waals surface area contributed by atoms with E-state index in [1.54, 1.807) is 24.4 Å². The normalized spacial score (nSPS) is 17.0. The molecule has 0 spiro atoms. The molecular formula is C30H29ClFN5OS. The molecule has 2 aromatic carbocycles. The number of pyridine rings is 1. The molecule has 0 bridgehead atoms. The molecule has 2 N–H and O–H groups in total. The molecule has 0 saturated carbocycles. The molecule has 1 amide bonds. The Labute approximate surface area is 237 Å². The monoisotopic (exact) mass is 561 g/mol. The third-order valence-corrected chi connectivity index (χ3v) is 7.61. The second-order valence-corrected chi connectivity index (χ2v) is 10.7. The molecule has 4 aromatic rings. The molecule has 0 radical (unpaired) electrons. The van der Waals surface area contributed by atoms with E-state index >= 15 is 0 Å². The number of aromatic nitrogens is 2. The van der Waals surface area contributed by atoms with E-state index in [0.29, 0.717) is 15.8 Å². The van der Waals surface area contributed by atoms with Crippen LogP contribution in [0.2, 0.25) is 5.02 Å². The maximum absolute atomic E-state index is 13.7. The first-order chi connectivity index (χ1) is 18.7. The summed E-state index contributed by atoms with van der Waals surface area (Å²) in [4.78, 5) is 18.9. The van der Waals surface area contributed by atoms with Crippen molar-refractivity contribution in [1.29, 1.82) is 0 Å². The number of anilines is 2. The number of carbonyl (C=O) groups is 1. The molecule has 0 aliphatic carbocycles. The van der Waals surface area contributed by atoms with Crippen molar-refractivity contribution in [2.24, 2.45) is 5.92 Å². The van der Waals surface area contributed by atoms with E-state index in [1.165, 1.54) is 12.1 Å². The number of aryl methyl sites for hydroxylation is 1. The highest BCUT2D eigenvalue weighted by Crippen LogP contribution is 2.44. The number of halogens is 2. The van der Waals surface area contributed by atoms with E-state index in [4.69, 9.17) is 23.8 Å². The van der Waals surface area contributed by atoms with Crippen molar-refractivity contribution in [3.8, 4) is 5.69 Å². The van der Waals surface area contributed by atoms with E-state index in [1.807, 2.05) is 56.0 Å². The van der Waals surface area contributed by atoms with E-state index in [9.17, 15) is 9.18 Å². The highest BCUT2D eigenvalue weighted by Gasteiger charge is 2.42. The van der Waals surface area contributed by atoms with Gasteiger partial charge in [-0.1, -0.05) is 31.5 Å². The van der Waals surface area contributed by atoms with Gasteiger partial charge >= 0.3 is 0 Å². The summed E-state index contributed by atoms with van der Waals surface area (Å²) >= 11 is 12.5. The zero-order chi connectivity index (χ0) is 27.8. The minimum absolute atomic E-state index is 0.107. The van der Waals surface area contributed by atoms with Gasteiger partial charge < -0.3 is 20.1 Å². The number of nitrogens with one attached hydrogen (secondary N) is 2. The Morgan fingerprint density at radius 1 is 1.08 bits per heavy atom. The zero-order valence-electron chi connectivity index (χ0n) is 22.1. The molecule has 200 valence electrons. The summed E-state index contributed by atoms with van der Waals surface area (Å²) in [6, 6.07) is 19.5. The van der Waals surface area contributed by atoms with Gasteiger partial charge in [-0.25, -0.2) is 4.39 Å². The summed E-state index contributed by atoms with van der Waals surface area (Å²) in [7, 11) is 0. The smallest absolute Gasteiger partial charge is 0.226 e. The van der Waals surface area contributed by atoms with Crippen molar-refractivity contribution < 1.29 is 9.18 Å². The fourth-order valence-electron chi connectivity index (χ4n) is 5.06. The summed E-state index contributed by atoms with van der Waals surface area (Å²) in [5, 5.41) is 7.31. The fourth-order valence-corrected chi connectivity index (χ4v) is 5.62. The predicted molar refractivity (Wildman–Crippen MR) is 158 cm³/mol. The van der Waals surface area contributed by atoms with Crippen LogP contribution in [0.1, 0.15) is 48.6 Å². The maximum atomic E-state index is 13.7. The average Bonchev–Trinajstić information content (AvgIpc) is 3.41. The van der Waals surface area contributed by atoms with Gasteiger partial charge in [-0.15, -0.1) is 0 Å². The first-order valence-electron chi connectivity index (χ1n) is 12.7. The van der Waals surface area contributed by atoms with Crippen LogP contribution in [0.3, 0.4) is 0 Å². The van der Waals surface area contributed by atoms with Gasteiger partial charge in [0.15, 0.2) is 5.11 Å². The average molecular weight is 562 g/mol. The largest absolute Gasteiger partial charge is 0.351 e. The molecular weight excluding hydrogens is 533 g/mol. The first kappa shape index (κ1) is 26.8. The van der Waals surface area contributed by atoms with Gasteiger partial charge in [-0.3, -0.25) is 9.78 Å². The minimum Gasteiger partial charge on any atom is -0.351 e. The topological polar surface area (TPSA) is 62.2 Å². The van der Waals surface area contributed by atoms with Crippen LogP contribution < -0.4 is 15.5 Å². The van der Waals surface area contributed by atoms with Crippen molar-refractivity contribution in [3.05, 3.63) is 106 Å². The van der Waals surface area contributed by atoms with Crippen molar-refractivity contribution in [2.45, 2.75) is 39.8 Å². The summed E-state index contributed by atoms with van der Waals surface area (Å²) in [5.74, 6) is -0.557. The van der Waals surface area contributed by atoms with Crippen molar-refractivity contribution in [2.75, 3.05) is 10.2 Å². The minimum atomic E-state index is -0.280. The molecule has 6 nitrogen and oxygen atoms in total. The summed E-state index contributed by atoms with van der Waals surface area (Å²) in [5.41, 5.74) is 6.13. The Morgan fingerprint density at radius 2 is 1.79 bits per heavy atom. The Hall–Kier alpha value is -3.75. The SMILES string of the molecule is Cc1cc([C@H]2[C@@H](c3ccccn3)NC(=S)N2c2ccc(NC(=O)C(C)C)c(Cl)c2)c(C)n1-c1ccc(F)cc1. The Morgan fingerprint density at radius 3 is 2.44 bits per heavy atom. The fraction of sp³-hybridized carbons (Fsp3) is 0.233. The standard InChI is InChI=1S/C30H29ClFN5OS/c1-17(2)29(38)34-25-13-12-22(16-24(25)31)37-28(27(35-30(37)39)26-7-5-6-14-33-26)23-15-18(3)36(19(23)4)21-10-8-20(32)9-11-21/h5-17,27-28H,1-4H3,(H,34,38)(H,35,39)/t27-,28+/m1/s1. The number of amides is 1. The van der Waals surface area contributed by atoms with Gasteiger partial charge in [0.05, 0.1) is 28.5 Å². The third kappa shape index (κ3) is 5.14. The second kappa shape index (κ2) is 10.8. The molecule has 9 heteroatoms. The van der Waals surface area contributed by atoms with Crippen LogP contribution in [0.15, 0.2) is 72.9 Å². The van der Waals surface area contributed by atoms with Gasteiger partial charge in [0.25, 0.3) is 0 Å². The van der Waals surface area contributed by atoms with Crippen LogP contribution in [-0.2, 0) is 4.79 Å². The molecule has 3 heterocycles. The Kier molecular flexibility index (Phi) is 7.42. The van der Waals surface area contributed by atoms with Crippen LogP contribution in [0, 0.1) is 25.6 Å². The van der Waals surface area contributed by atoms with Gasteiger partial charge in [0.2, 0.25) is 5.91 Å². The number of carbonyl (C=O) groups excluding carboxylic acids is 1. The lowest BCUT2D eigenvalue weighted by Crippen LogP contribution is -2.29. The Bertz CT molecular complexity index is 1540. The third-order valence-electron chi connectivity index (χ3n) is 6.98. The van der Waals surface area contributed by atoms with Gasteiger partial charge in [0, 0.05) is 34.9 Å². The number of nitrogens with zero attached hydrogens (tertiary/aromatic N) is 3. The molecule has 1 aliphatic heterocycles. The number of rotatable bonds is 6.